The second kappa shape index (κ2) is 3.71. The second-order valence-corrected chi connectivity index (χ2v) is 2.46. The zero-order chi connectivity index (χ0) is 9.84. The van der Waals surface area contributed by atoms with Crippen molar-refractivity contribution in [3.63, 3.8) is 0 Å². The quantitative estimate of drug-likeness (QED) is 0.714. The van der Waals surface area contributed by atoms with Crippen LogP contribution >= 0.6 is 0 Å². The second-order valence-electron chi connectivity index (χ2n) is 2.46. The normalized spacial score (nSPS) is 10.5. The molecule has 0 aromatic carbocycles. The average Bonchev–Trinajstić information content (AvgIpc) is 2.04. The van der Waals surface area contributed by atoms with Crippen LogP contribution < -0.4 is 5.56 Å². The number of hydrogen-bond donors (Lipinski definition) is 2. The van der Waals surface area contributed by atoms with E-state index in [1.165, 1.54) is 6.07 Å². The van der Waals surface area contributed by atoms with E-state index in [0.29, 0.717) is 5.69 Å². The van der Waals surface area contributed by atoms with Gasteiger partial charge in [-0.15, -0.1) is 0 Å². The monoisotopic (exact) mass is 179 g/mol. The largest absolute Gasteiger partial charge is 0.477 e. The molecule has 0 saturated heterocycles. The van der Waals surface area contributed by atoms with E-state index in [4.69, 9.17) is 5.11 Å². The Morgan fingerprint density at radius 3 is 2.69 bits per heavy atom. The summed E-state index contributed by atoms with van der Waals surface area (Å²) in [5.74, 6) is -1.21. The fraction of sp³-hybridized carbons (Fsp3) is 0.111. The van der Waals surface area contributed by atoms with Crippen molar-refractivity contribution in [3.05, 3.63) is 39.8 Å². The molecule has 1 rings (SSSR count). The van der Waals surface area contributed by atoms with Gasteiger partial charge in [0.05, 0.1) is 0 Å². The zero-order valence-corrected chi connectivity index (χ0v) is 7.07. The number of carboxylic acids is 1. The van der Waals surface area contributed by atoms with Crippen molar-refractivity contribution >= 4 is 12.0 Å². The summed E-state index contributed by atoms with van der Waals surface area (Å²) in [5, 5.41) is 8.55. The first-order valence-electron chi connectivity index (χ1n) is 3.74. The molecule has 0 aliphatic rings. The summed E-state index contributed by atoms with van der Waals surface area (Å²) >= 11 is 0. The van der Waals surface area contributed by atoms with Crippen molar-refractivity contribution in [3.8, 4) is 0 Å². The third kappa shape index (κ3) is 2.05. The lowest BCUT2D eigenvalue weighted by atomic mass is 10.2. The van der Waals surface area contributed by atoms with Gasteiger partial charge < -0.3 is 10.1 Å². The van der Waals surface area contributed by atoms with Crippen LogP contribution in [0.5, 0.6) is 0 Å². The third-order valence-corrected chi connectivity index (χ3v) is 1.51. The Kier molecular flexibility index (Phi) is 2.64. The number of aromatic nitrogens is 1. The number of H-pyrrole nitrogens is 1. The maximum absolute atomic E-state index is 11.1. The number of carbonyl (C=O) groups is 1. The molecular formula is C9H9NO3. The van der Waals surface area contributed by atoms with Crippen LogP contribution in [0.4, 0.5) is 0 Å². The van der Waals surface area contributed by atoms with E-state index in [0.717, 1.165) is 0 Å². The topological polar surface area (TPSA) is 70.2 Å². The standard InChI is InChI=1S/C9H9NO3/c1-2-3-6-4-5-7(9(12)13)8(11)10-6/h2-5H,1H3,(H,10,11)(H,12,13). The summed E-state index contributed by atoms with van der Waals surface area (Å²) in [6, 6.07) is 2.83. The highest BCUT2D eigenvalue weighted by atomic mass is 16.4. The molecule has 1 aromatic heterocycles. The van der Waals surface area contributed by atoms with E-state index < -0.39 is 11.5 Å². The third-order valence-electron chi connectivity index (χ3n) is 1.51. The first-order chi connectivity index (χ1) is 6.15. The lowest BCUT2D eigenvalue weighted by Gasteiger charge is -1.94. The predicted molar refractivity (Wildman–Crippen MR) is 48.7 cm³/mol. The summed E-state index contributed by atoms with van der Waals surface area (Å²) in [5.41, 5.74) is -0.228. The smallest absolute Gasteiger partial charge is 0.341 e. The Bertz CT molecular complexity index is 404. The molecule has 0 spiro atoms. The van der Waals surface area contributed by atoms with Crippen molar-refractivity contribution in [2.75, 3.05) is 0 Å². The number of carboxylic acid groups (broad SMARTS) is 1. The highest BCUT2D eigenvalue weighted by molar-refractivity contribution is 5.87. The molecule has 0 amide bonds. The Labute approximate surface area is 74.5 Å². The lowest BCUT2D eigenvalue weighted by molar-refractivity contribution is 0.0695. The molecule has 1 aromatic rings. The lowest BCUT2D eigenvalue weighted by Crippen LogP contribution is -2.17. The fourth-order valence-corrected chi connectivity index (χ4v) is 0.934. The molecule has 0 aliphatic heterocycles. The number of aromatic amines is 1. The number of aromatic carboxylic acids is 1. The Morgan fingerprint density at radius 1 is 1.54 bits per heavy atom. The summed E-state index contributed by atoms with van der Waals surface area (Å²) in [6.07, 6.45) is 3.44. The minimum atomic E-state index is -1.21. The molecule has 0 fully saturated rings. The average molecular weight is 179 g/mol. The van der Waals surface area contributed by atoms with Gasteiger partial charge in [-0.25, -0.2) is 4.79 Å². The van der Waals surface area contributed by atoms with Crippen LogP contribution in [0.3, 0.4) is 0 Å². The molecular weight excluding hydrogens is 170 g/mol. The number of allylic oxidation sites excluding steroid dienone is 1. The fourth-order valence-electron chi connectivity index (χ4n) is 0.934. The molecule has 0 bridgehead atoms. The van der Waals surface area contributed by atoms with Crippen LogP contribution in [0.25, 0.3) is 6.08 Å². The van der Waals surface area contributed by atoms with Crippen molar-refractivity contribution in [2.24, 2.45) is 0 Å². The molecule has 0 saturated carbocycles. The predicted octanol–water partition coefficient (Wildman–Crippen LogP) is 1.11. The maximum atomic E-state index is 11.1. The van der Waals surface area contributed by atoms with Gasteiger partial charge >= 0.3 is 5.97 Å². The van der Waals surface area contributed by atoms with Gasteiger partial charge in [0.1, 0.15) is 5.56 Å². The van der Waals surface area contributed by atoms with E-state index in [9.17, 15) is 9.59 Å². The molecule has 4 heteroatoms. The van der Waals surface area contributed by atoms with Gasteiger partial charge in [0, 0.05) is 5.69 Å². The van der Waals surface area contributed by atoms with E-state index in [1.54, 1.807) is 18.2 Å². The van der Waals surface area contributed by atoms with Gasteiger partial charge in [-0.3, -0.25) is 4.79 Å². The number of rotatable bonds is 2. The molecule has 4 nitrogen and oxygen atoms in total. The van der Waals surface area contributed by atoms with Gasteiger partial charge in [-0.2, -0.15) is 0 Å². The van der Waals surface area contributed by atoms with Crippen LogP contribution in [0, 0.1) is 0 Å². The molecule has 0 aliphatic carbocycles. The van der Waals surface area contributed by atoms with Gasteiger partial charge in [0.2, 0.25) is 0 Å². The van der Waals surface area contributed by atoms with Crippen LogP contribution in [0.15, 0.2) is 23.0 Å². The van der Waals surface area contributed by atoms with Crippen molar-refractivity contribution < 1.29 is 9.90 Å². The minimum absolute atomic E-state index is 0.242. The number of hydrogen-bond acceptors (Lipinski definition) is 2. The van der Waals surface area contributed by atoms with E-state index in [-0.39, 0.29) is 5.56 Å². The number of nitrogens with one attached hydrogen (secondary N) is 1. The summed E-state index contributed by atoms with van der Waals surface area (Å²) in [6.45, 7) is 1.81. The Balaban J connectivity index is 3.21. The van der Waals surface area contributed by atoms with Gasteiger partial charge in [-0.1, -0.05) is 6.08 Å². The minimum Gasteiger partial charge on any atom is -0.477 e. The van der Waals surface area contributed by atoms with Gasteiger partial charge in [0.25, 0.3) is 5.56 Å². The van der Waals surface area contributed by atoms with Gasteiger partial charge in [-0.05, 0) is 25.1 Å². The molecule has 68 valence electrons. The van der Waals surface area contributed by atoms with Gasteiger partial charge in [0.15, 0.2) is 0 Å². The first-order valence-corrected chi connectivity index (χ1v) is 3.74. The van der Waals surface area contributed by atoms with E-state index in [2.05, 4.69) is 4.98 Å². The van der Waals surface area contributed by atoms with Crippen LogP contribution in [0.2, 0.25) is 0 Å². The summed E-state index contributed by atoms with van der Waals surface area (Å²) in [4.78, 5) is 24.0. The molecule has 0 atom stereocenters. The maximum Gasteiger partial charge on any atom is 0.341 e. The highest BCUT2D eigenvalue weighted by Gasteiger charge is 2.06. The molecule has 0 unspecified atom stereocenters. The van der Waals surface area contributed by atoms with Crippen LogP contribution in [-0.4, -0.2) is 16.1 Å². The Morgan fingerprint density at radius 2 is 2.23 bits per heavy atom. The molecule has 13 heavy (non-hydrogen) atoms. The number of pyridine rings is 1. The summed E-state index contributed by atoms with van der Waals surface area (Å²) < 4.78 is 0. The van der Waals surface area contributed by atoms with Crippen LogP contribution in [0.1, 0.15) is 23.0 Å². The highest BCUT2D eigenvalue weighted by Crippen LogP contribution is 1.97. The van der Waals surface area contributed by atoms with Crippen molar-refractivity contribution in [2.45, 2.75) is 6.92 Å². The SMILES string of the molecule is CC=Cc1ccc(C(=O)O)c(=O)[nH]1. The van der Waals surface area contributed by atoms with Crippen molar-refractivity contribution in [1.82, 2.24) is 4.98 Å². The van der Waals surface area contributed by atoms with E-state index in [1.807, 2.05) is 6.92 Å². The van der Waals surface area contributed by atoms with Crippen LogP contribution in [-0.2, 0) is 0 Å². The zero-order valence-electron chi connectivity index (χ0n) is 7.07. The Hall–Kier alpha value is -1.84. The first kappa shape index (κ1) is 9.25. The van der Waals surface area contributed by atoms with E-state index >= 15 is 0 Å². The summed E-state index contributed by atoms with van der Waals surface area (Å²) in [7, 11) is 0. The molecule has 2 N–H and O–H groups in total. The molecule has 0 radical (unpaired) electrons. The molecule has 1 heterocycles. The van der Waals surface area contributed by atoms with Crippen molar-refractivity contribution in [1.29, 1.82) is 0 Å².